The fraction of sp³-hybridized carbons (Fsp3) is 0.769. The van der Waals surface area contributed by atoms with Crippen molar-refractivity contribution in [1.82, 2.24) is 19.9 Å². The number of halogens is 1. The van der Waals surface area contributed by atoms with Crippen molar-refractivity contribution in [3.8, 4) is 0 Å². The van der Waals surface area contributed by atoms with Crippen molar-refractivity contribution in [1.29, 1.82) is 0 Å². The van der Waals surface area contributed by atoms with E-state index < -0.39 is 0 Å². The molecule has 0 unspecified atom stereocenters. The van der Waals surface area contributed by atoms with Gasteiger partial charge in [0.1, 0.15) is 0 Å². The van der Waals surface area contributed by atoms with Gasteiger partial charge >= 0.3 is 0 Å². The average molecular weight is 299 g/mol. The minimum Gasteiger partial charge on any atom is -0.354 e. The van der Waals surface area contributed by atoms with Crippen LogP contribution in [0.3, 0.4) is 0 Å². The standard InChI is InChI=1S/C13H23ClN6/c1-19(2)8-4-3-7-15-12-16-11(14)17-13(18-12)20-9-5-6-10-20/h3-10H2,1-2H3,(H,15,16,17,18). The van der Waals surface area contributed by atoms with Gasteiger partial charge in [0.25, 0.3) is 0 Å². The molecule has 1 fully saturated rings. The summed E-state index contributed by atoms with van der Waals surface area (Å²) >= 11 is 5.97. The third kappa shape index (κ3) is 4.76. The number of unbranched alkanes of at least 4 members (excludes halogenated alkanes) is 1. The van der Waals surface area contributed by atoms with Crippen LogP contribution in [0.5, 0.6) is 0 Å². The molecule has 0 radical (unpaired) electrons. The smallest absolute Gasteiger partial charge is 0.231 e. The number of anilines is 2. The molecule has 0 aliphatic carbocycles. The van der Waals surface area contributed by atoms with Gasteiger partial charge in [-0.1, -0.05) is 0 Å². The summed E-state index contributed by atoms with van der Waals surface area (Å²) in [4.78, 5) is 17.1. The summed E-state index contributed by atoms with van der Waals surface area (Å²) in [6, 6.07) is 0. The molecule has 1 saturated heterocycles. The van der Waals surface area contributed by atoms with Crippen LogP contribution >= 0.6 is 11.6 Å². The lowest BCUT2D eigenvalue weighted by molar-refractivity contribution is 0.396. The minimum atomic E-state index is 0.262. The van der Waals surface area contributed by atoms with Crippen molar-refractivity contribution >= 4 is 23.5 Å². The van der Waals surface area contributed by atoms with Gasteiger partial charge < -0.3 is 15.1 Å². The third-order valence-corrected chi connectivity index (χ3v) is 3.47. The van der Waals surface area contributed by atoms with Crippen LogP contribution in [0.2, 0.25) is 5.28 Å². The van der Waals surface area contributed by atoms with Gasteiger partial charge in [-0.25, -0.2) is 0 Å². The molecule has 1 aromatic heterocycles. The number of hydrogen-bond acceptors (Lipinski definition) is 6. The van der Waals surface area contributed by atoms with Crippen molar-refractivity contribution in [2.75, 3.05) is 50.5 Å². The Labute approximate surface area is 125 Å². The molecule has 1 aromatic rings. The van der Waals surface area contributed by atoms with E-state index in [4.69, 9.17) is 11.6 Å². The Morgan fingerprint density at radius 2 is 1.90 bits per heavy atom. The maximum atomic E-state index is 5.97. The highest BCUT2D eigenvalue weighted by Gasteiger charge is 2.16. The molecule has 112 valence electrons. The Hall–Kier alpha value is -1.14. The first kappa shape index (κ1) is 15.3. The molecule has 2 rings (SSSR count). The van der Waals surface area contributed by atoms with Gasteiger partial charge in [-0.2, -0.15) is 15.0 Å². The summed E-state index contributed by atoms with van der Waals surface area (Å²) in [5, 5.41) is 3.49. The Bertz CT molecular complexity index is 419. The molecule has 0 atom stereocenters. The van der Waals surface area contributed by atoms with E-state index in [0.717, 1.165) is 39.0 Å². The van der Waals surface area contributed by atoms with Gasteiger partial charge in [0.2, 0.25) is 17.2 Å². The largest absolute Gasteiger partial charge is 0.354 e. The molecule has 0 spiro atoms. The molecular formula is C13H23ClN6. The van der Waals surface area contributed by atoms with Gasteiger partial charge in [-0.15, -0.1) is 0 Å². The summed E-state index contributed by atoms with van der Waals surface area (Å²) < 4.78 is 0. The van der Waals surface area contributed by atoms with Gasteiger partial charge in [-0.3, -0.25) is 0 Å². The second kappa shape index (κ2) is 7.59. The molecule has 20 heavy (non-hydrogen) atoms. The number of nitrogens with one attached hydrogen (secondary N) is 1. The van der Waals surface area contributed by atoms with Crippen molar-refractivity contribution in [3.63, 3.8) is 0 Å². The fourth-order valence-corrected chi connectivity index (χ4v) is 2.39. The van der Waals surface area contributed by atoms with Crippen LogP contribution in [0, 0.1) is 0 Å². The highest BCUT2D eigenvalue weighted by atomic mass is 35.5. The van der Waals surface area contributed by atoms with Gasteiger partial charge in [0, 0.05) is 19.6 Å². The normalized spacial score (nSPS) is 15.1. The van der Waals surface area contributed by atoms with Gasteiger partial charge in [0.15, 0.2) is 0 Å². The summed E-state index contributed by atoms with van der Waals surface area (Å²) in [7, 11) is 4.17. The average Bonchev–Trinajstić information content (AvgIpc) is 2.91. The maximum Gasteiger partial charge on any atom is 0.231 e. The van der Waals surface area contributed by atoms with E-state index in [1.807, 2.05) is 0 Å². The van der Waals surface area contributed by atoms with Crippen LogP contribution in [0.15, 0.2) is 0 Å². The zero-order valence-corrected chi connectivity index (χ0v) is 13.0. The van der Waals surface area contributed by atoms with Crippen LogP contribution in [-0.4, -0.2) is 60.1 Å². The Kier molecular flexibility index (Phi) is 5.79. The van der Waals surface area contributed by atoms with Gasteiger partial charge in [-0.05, 0) is 57.9 Å². The highest BCUT2D eigenvalue weighted by molar-refractivity contribution is 6.28. The molecule has 0 bridgehead atoms. The van der Waals surface area contributed by atoms with Crippen LogP contribution in [0.25, 0.3) is 0 Å². The number of nitrogens with zero attached hydrogens (tertiary/aromatic N) is 5. The van der Waals surface area contributed by atoms with Crippen molar-refractivity contribution in [2.45, 2.75) is 25.7 Å². The first-order valence-electron chi connectivity index (χ1n) is 7.20. The lowest BCUT2D eigenvalue weighted by Crippen LogP contribution is -2.21. The van der Waals surface area contributed by atoms with E-state index in [1.165, 1.54) is 12.8 Å². The molecule has 2 heterocycles. The van der Waals surface area contributed by atoms with E-state index in [1.54, 1.807) is 0 Å². The third-order valence-electron chi connectivity index (χ3n) is 3.30. The highest BCUT2D eigenvalue weighted by Crippen LogP contribution is 2.18. The van der Waals surface area contributed by atoms with E-state index in [2.05, 4.69) is 44.2 Å². The van der Waals surface area contributed by atoms with Crippen LogP contribution in [0.1, 0.15) is 25.7 Å². The summed E-state index contributed by atoms with van der Waals surface area (Å²) in [6.07, 6.45) is 4.62. The first-order chi connectivity index (χ1) is 9.65. The van der Waals surface area contributed by atoms with Gasteiger partial charge in [0.05, 0.1) is 0 Å². The Morgan fingerprint density at radius 3 is 2.60 bits per heavy atom. The summed E-state index contributed by atoms with van der Waals surface area (Å²) in [5.74, 6) is 1.27. The lowest BCUT2D eigenvalue weighted by atomic mass is 10.3. The minimum absolute atomic E-state index is 0.262. The molecule has 0 saturated carbocycles. The van der Waals surface area contributed by atoms with Crippen LogP contribution in [0.4, 0.5) is 11.9 Å². The first-order valence-corrected chi connectivity index (χ1v) is 7.58. The quantitative estimate of drug-likeness (QED) is 0.776. The molecule has 1 aliphatic heterocycles. The summed E-state index contributed by atoms with van der Waals surface area (Å²) in [5.41, 5.74) is 0. The molecule has 6 nitrogen and oxygen atoms in total. The maximum absolute atomic E-state index is 5.97. The van der Waals surface area contributed by atoms with Crippen LogP contribution in [-0.2, 0) is 0 Å². The predicted molar refractivity (Wildman–Crippen MR) is 82.6 cm³/mol. The van der Waals surface area contributed by atoms with Crippen molar-refractivity contribution in [2.24, 2.45) is 0 Å². The SMILES string of the molecule is CN(C)CCCCNc1nc(Cl)nc(N2CCCC2)n1. The fourth-order valence-electron chi connectivity index (χ4n) is 2.23. The van der Waals surface area contributed by atoms with E-state index in [9.17, 15) is 0 Å². The predicted octanol–water partition coefficient (Wildman–Crippen LogP) is 1.88. The van der Waals surface area contributed by atoms with E-state index >= 15 is 0 Å². The monoisotopic (exact) mass is 298 g/mol. The number of aromatic nitrogens is 3. The van der Waals surface area contributed by atoms with E-state index in [0.29, 0.717) is 11.9 Å². The number of hydrogen-bond donors (Lipinski definition) is 1. The molecule has 1 N–H and O–H groups in total. The molecule has 0 amide bonds. The Morgan fingerprint density at radius 1 is 1.15 bits per heavy atom. The molecular weight excluding hydrogens is 276 g/mol. The van der Waals surface area contributed by atoms with Crippen molar-refractivity contribution < 1.29 is 0 Å². The molecule has 1 aliphatic rings. The number of rotatable bonds is 7. The summed E-state index contributed by atoms with van der Waals surface area (Å²) in [6.45, 7) is 3.96. The van der Waals surface area contributed by atoms with Crippen LogP contribution < -0.4 is 10.2 Å². The lowest BCUT2D eigenvalue weighted by Gasteiger charge is -2.15. The second-order valence-corrected chi connectivity index (χ2v) is 5.70. The molecule has 7 heteroatoms. The molecule has 0 aromatic carbocycles. The zero-order valence-electron chi connectivity index (χ0n) is 12.3. The Balaban J connectivity index is 1.84. The van der Waals surface area contributed by atoms with E-state index in [-0.39, 0.29) is 5.28 Å². The zero-order chi connectivity index (χ0) is 14.4. The van der Waals surface area contributed by atoms with Crippen molar-refractivity contribution in [3.05, 3.63) is 5.28 Å². The topological polar surface area (TPSA) is 57.2 Å². The second-order valence-electron chi connectivity index (χ2n) is 5.36.